The van der Waals surface area contributed by atoms with Crippen molar-refractivity contribution < 1.29 is 13.7 Å². The third-order valence-electron chi connectivity index (χ3n) is 2.37. The van der Waals surface area contributed by atoms with E-state index in [1.54, 1.807) is 26.0 Å². The third kappa shape index (κ3) is 5.19. The Morgan fingerprint density at radius 2 is 2.00 bits per heavy atom. The Morgan fingerprint density at radius 1 is 1.39 bits per heavy atom. The van der Waals surface area contributed by atoms with Crippen LogP contribution in [0.25, 0.3) is 0 Å². The van der Waals surface area contributed by atoms with Crippen LogP contribution in [0.15, 0.2) is 24.3 Å². The first kappa shape index (κ1) is 15.2. The summed E-state index contributed by atoms with van der Waals surface area (Å²) >= 11 is 5.77. The summed E-state index contributed by atoms with van der Waals surface area (Å²) < 4.78 is 16.8. The van der Waals surface area contributed by atoms with Gasteiger partial charge in [-0.25, -0.2) is 0 Å². The van der Waals surface area contributed by atoms with Crippen molar-refractivity contribution >= 4 is 28.4 Å². The minimum atomic E-state index is -1.08. The highest BCUT2D eigenvalue weighted by molar-refractivity contribution is 7.84. The van der Waals surface area contributed by atoms with Gasteiger partial charge in [0.25, 0.3) is 0 Å². The molecule has 0 aliphatic heterocycles. The van der Waals surface area contributed by atoms with Gasteiger partial charge in [0.05, 0.1) is 12.5 Å². The minimum absolute atomic E-state index is 0.290. The third-order valence-corrected chi connectivity index (χ3v) is 4.14. The van der Waals surface area contributed by atoms with E-state index in [-0.39, 0.29) is 11.9 Å². The number of hydrogen-bond donors (Lipinski definition) is 0. The summed E-state index contributed by atoms with van der Waals surface area (Å²) in [6.45, 7) is 3.85. The largest absolute Gasteiger partial charge is 0.466 e. The van der Waals surface area contributed by atoms with E-state index in [2.05, 4.69) is 0 Å². The lowest BCUT2D eigenvalue weighted by molar-refractivity contribution is -0.146. The summed E-state index contributed by atoms with van der Waals surface area (Å²) in [5, 5.41) is 0.657. The molecule has 0 aromatic heterocycles. The lowest BCUT2D eigenvalue weighted by Gasteiger charge is -2.10. The molecule has 0 aliphatic rings. The van der Waals surface area contributed by atoms with Crippen LogP contribution in [-0.4, -0.2) is 22.5 Å². The molecule has 3 nitrogen and oxygen atoms in total. The van der Waals surface area contributed by atoms with Gasteiger partial charge in [-0.3, -0.25) is 9.00 Å². The average molecular weight is 289 g/mol. The van der Waals surface area contributed by atoms with Crippen molar-refractivity contribution in [2.24, 2.45) is 5.92 Å². The van der Waals surface area contributed by atoms with Crippen LogP contribution < -0.4 is 0 Å². The van der Waals surface area contributed by atoms with E-state index < -0.39 is 10.8 Å². The molecule has 1 rings (SSSR count). The summed E-state index contributed by atoms with van der Waals surface area (Å²) in [6, 6.07) is 7.22. The molecule has 0 saturated carbocycles. The molecule has 5 heteroatoms. The van der Waals surface area contributed by atoms with Gasteiger partial charge in [-0.05, 0) is 24.6 Å². The van der Waals surface area contributed by atoms with E-state index in [0.717, 1.165) is 5.56 Å². The zero-order chi connectivity index (χ0) is 13.5. The summed E-state index contributed by atoms with van der Waals surface area (Å²) in [4.78, 5) is 11.4. The van der Waals surface area contributed by atoms with Crippen molar-refractivity contribution in [3.8, 4) is 0 Å². The Balaban J connectivity index is 2.46. The zero-order valence-electron chi connectivity index (χ0n) is 10.5. The predicted molar refractivity (Wildman–Crippen MR) is 74.0 cm³/mol. The van der Waals surface area contributed by atoms with Crippen molar-refractivity contribution in [1.29, 1.82) is 0 Å². The lowest BCUT2D eigenvalue weighted by atomic mass is 10.2. The van der Waals surface area contributed by atoms with Crippen LogP contribution in [0.4, 0.5) is 0 Å². The summed E-state index contributed by atoms with van der Waals surface area (Å²) in [7, 11) is -1.08. The molecular formula is C13H17ClO3S. The molecular weight excluding hydrogens is 272 g/mol. The highest BCUT2D eigenvalue weighted by Crippen LogP contribution is 2.12. The SMILES string of the molecule is CCOC(=O)C(C)CS(=O)Cc1ccc(Cl)cc1. The van der Waals surface area contributed by atoms with Gasteiger partial charge < -0.3 is 4.74 Å². The number of esters is 1. The Kier molecular flexibility index (Phi) is 6.36. The van der Waals surface area contributed by atoms with Crippen LogP contribution in [0, 0.1) is 5.92 Å². The zero-order valence-corrected chi connectivity index (χ0v) is 12.1. The van der Waals surface area contributed by atoms with Gasteiger partial charge in [-0.2, -0.15) is 0 Å². The Bertz CT molecular complexity index is 417. The highest BCUT2D eigenvalue weighted by atomic mass is 35.5. The molecule has 0 fully saturated rings. The van der Waals surface area contributed by atoms with E-state index in [1.807, 2.05) is 12.1 Å². The van der Waals surface area contributed by atoms with Gasteiger partial charge in [-0.15, -0.1) is 0 Å². The van der Waals surface area contributed by atoms with Gasteiger partial charge in [0, 0.05) is 27.3 Å². The normalized spacial score (nSPS) is 13.9. The van der Waals surface area contributed by atoms with E-state index in [9.17, 15) is 9.00 Å². The Labute approximate surface area is 115 Å². The van der Waals surface area contributed by atoms with Gasteiger partial charge in [0.15, 0.2) is 0 Å². The number of rotatable bonds is 6. The van der Waals surface area contributed by atoms with Crippen LogP contribution in [0.2, 0.25) is 5.02 Å². The van der Waals surface area contributed by atoms with E-state index in [0.29, 0.717) is 23.1 Å². The number of halogens is 1. The standard InChI is InChI=1S/C13H17ClO3S/c1-3-17-13(15)10(2)8-18(16)9-11-4-6-12(14)7-5-11/h4-7,10H,3,8-9H2,1-2H3. The van der Waals surface area contributed by atoms with Crippen molar-refractivity contribution in [3.05, 3.63) is 34.9 Å². The summed E-state index contributed by atoms with van der Waals surface area (Å²) in [5.41, 5.74) is 0.953. The fraction of sp³-hybridized carbons (Fsp3) is 0.462. The average Bonchev–Trinajstić information content (AvgIpc) is 2.32. The molecule has 100 valence electrons. The van der Waals surface area contributed by atoms with Crippen LogP contribution in [0.5, 0.6) is 0 Å². The first-order valence-corrected chi connectivity index (χ1v) is 7.65. The van der Waals surface area contributed by atoms with Gasteiger partial charge in [0.1, 0.15) is 0 Å². The molecule has 0 amide bonds. The molecule has 2 atom stereocenters. The molecule has 1 aromatic carbocycles. The molecule has 0 spiro atoms. The van der Waals surface area contributed by atoms with Crippen molar-refractivity contribution in [3.63, 3.8) is 0 Å². The van der Waals surface area contributed by atoms with Gasteiger partial charge in [-0.1, -0.05) is 30.7 Å². The van der Waals surface area contributed by atoms with E-state index in [4.69, 9.17) is 16.3 Å². The van der Waals surface area contributed by atoms with Crippen LogP contribution >= 0.6 is 11.6 Å². The quantitative estimate of drug-likeness (QED) is 0.756. The monoisotopic (exact) mass is 288 g/mol. The molecule has 0 N–H and O–H groups in total. The fourth-order valence-corrected chi connectivity index (χ4v) is 2.96. The maximum absolute atomic E-state index is 11.9. The second-order valence-corrected chi connectivity index (χ2v) is 5.97. The molecule has 0 aliphatic carbocycles. The number of hydrogen-bond acceptors (Lipinski definition) is 3. The van der Waals surface area contributed by atoms with Crippen molar-refractivity contribution in [2.45, 2.75) is 19.6 Å². The number of carbonyl (C=O) groups excluding carboxylic acids is 1. The van der Waals surface area contributed by atoms with Crippen LogP contribution in [-0.2, 0) is 26.1 Å². The predicted octanol–water partition coefficient (Wildman–Crippen LogP) is 2.79. The molecule has 0 saturated heterocycles. The highest BCUT2D eigenvalue weighted by Gasteiger charge is 2.17. The number of ether oxygens (including phenoxy) is 1. The van der Waals surface area contributed by atoms with E-state index in [1.165, 1.54) is 0 Å². The van der Waals surface area contributed by atoms with Crippen LogP contribution in [0.3, 0.4) is 0 Å². The smallest absolute Gasteiger partial charge is 0.309 e. The summed E-state index contributed by atoms with van der Waals surface area (Å²) in [6.07, 6.45) is 0. The van der Waals surface area contributed by atoms with Gasteiger partial charge in [0.2, 0.25) is 0 Å². The molecule has 1 aromatic rings. The maximum atomic E-state index is 11.9. The second kappa shape index (κ2) is 7.54. The topological polar surface area (TPSA) is 43.4 Å². The maximum Gasteiger partial charge on any atom is 0.309 e. The Morgan fingerprint density at radius 3 is 2.56 bits per heavy atom. The summed E-state index contributed by atoms with van der Waals surface area (Å²) in [5.74, 6) is 0.127. The molecule has 0 radical (unpaired) electrons. The number of carbonyl (C=O) groups is 1. The van der Waals surface area contributed by atoms with E-state index >= 15 is 0 Å². The molecule has 2 unspecified atom stereocenters. The van der Waals surface area contributed by atoms with Crippen LogP contribution in [0.1, 0.15) is 19.4 Å². The molecule has 0 bridgehead atoms. The van der Waals surface area contributed by atoms with Crippen molar-refractivity contribution in [2.75, 3.05) is 12.4 Å². The lowest BCUT2D eigenvalue weighted by Crippen LogP contribution is -2.21. The minimum Gasteiger partial charge on any atom is -0.466 e. The molecule has 0 heterocycles. The fourth-order valence-electron chi connectivity index (χ4n) is 1.46. The van der Waals surface area contributed by atoms with Gasteiger partial charge >= 0.3 is 5.97 Å². The Hall–Kier alpha value is -0.870. The first-order chi connectivity index (χ1) is 8.52. The second-order valence-electron chi connectivity index (χ2n) is 4.03. The first-order valence-electron chi connectivity index (χ1n) is 5.79. The number of benzene rings is 1. The van der Waals surface area contributed by atoms with Crippen molar-refractivity contribution in [1.82, 2.24) is 0 Å². The molecule has 18 heavy (non-hydrogen) atoms.